The maximum Gasteiger partial charge on any atom is 0.254 e. The molecule has 0 saturated carbocycles. The number of fused-ring (bicyclic) bond motifs is 1. The fraction of sp³-hybridized carbons (Fsp3) is 0.632. The second-order valence-corrected chi connectivity index (χ2v) is 7.59. The van der Waals surface area contributed by atoms with Gasteiger partial charge in [0.25, 0.3) is 5.91 Å². The van der Waals surface area contributed by atoms with Gasteiger partial charge in [0.2, 0.25) is 0 Å². The molecule has 0 bridgehead atoms. The van der Waals surface area contributed by atoms with E-state index >= 15 is 0 Å². The average Bonchev–Trinajstić information content (AvgIpc) is 3.04. The molecule has 1 N–H and O–H groups in total. The molecular weight excluding hydrogens is 316 g/mol. The van der Waals surface area contributed by atoms with Gasteiger partial charge in [-0.05, 0) is 44.6 Å². The van der Waals surface area contributed by atoms with Crippen LogP contribution < -0.4 is 0 Å². The normalized spacial score (nSPS) is 16.4. The third-order valence-electron chi connectivity index (χ3n) is 5.06. The number of pyridine rings is 1. The van der Waals surface area contributed by atoms with Gasteiger partial charge in [-0.25, -0.2) is 9.67 Å². The van der Waals surface area contributed by atoms with Crippen molar-refractivity contribution in [1.82, 2.24) is 19.7 Å². The van der Waals surface area contributed by atoms with E-state index in [1.807, 2.05) is 15.6 Å². The third kappa shape index (κ3) is 3.40. The Kier molecular flexibility index (Phi) is 5.08. The number of carbonyl (C=O) groups excluding carboxylic acids is 1. The topological polar surface area (TPSA) is 71.2 Å². The number of piperidine rings is 1. The Morgan fingerprint density at radius 1 is 1.28 bits per heavy atom. The lowest BCUT2D eigenvalue weighted by atomic mass is 9.97. The first kappa shape index (κ1) is 17.9. The van der Waals surface area contributed by atoms with Gasteiger partial charge in [-0.3, -0.25) is 4.79 Å². The fourth-order valence-corrected chi connectivity index (χ4v) is 3.38. The van der Waals surface area contributed by atoms with Crippen molar-refractivity contribution >= 4 is 16.9 Å². The van der Waals surface area contributed by atoms with Gasteiger partial charge in [-0.1, -0.05) is 13.8 Å². The molecule has 1 aliphatic rings. The number of carbonyl (C=O) groups is 1. The van der Waals surface area contributed by atoms with Gasteiger partial charge in [0.1, 0.15) is 0 Å². The van der Waals surface area contributed by atoms with E-state index in [-0.39, 0.29) is 24.5 Å². The van der Waals surface area contributed by atoms with E-state index in [1.54, 1.807) is 6.20 Å². The van der Waals surface area contributed by atoms with E-state index in [2.05, 4.69) is 32.8 Å². The van der Waals surface area contributed by atoms with Crippen LogP contribution in [0.5, 0.6) is 0 Å². The monoisotopic (exact) mass is 344 g/mol. The zero-order chi connectivity index (χ0) is 18.1. The smallest absolute Gasteiger partial charge is 0.254 e. The minimum absolute atomic E-state index is 0.0500. The number of likely N-dealkylation sites (tertiary alicyclic amines) is 1. The van der Waals surface area contributed by atoms with Crippen LogP contribution in [0.1, 0.15) is 68.5 Å². The molecule has 0 atom stereocenters. The molecule has 1 aliphatic heterocycles. The highest BCUT2D eigenvalue weighted by atomic mass is 16.3. The van der Waals surface area contributed by atoms with E-state index in [9.17, 15) is 9.90 Å². The second kappa shape index (κ2) is 7.12. The van der Waals surface area contributed by atoms with Crippen molar-refractivity contribution < 1.29 is 9.90 Å². The number of amides is 1. The summed E-state index contributed by atoms with van der Waals surface area (Å²) in [6.07, 6.45) is 3.48. The van der Waals surface area contributed by atoms with Gasteiger partial charge >= 0.3 is 0 Å². The van der Waals surface area contributed by atoms with Gasteiger partial charge in [0, 0.05) is 31.4 Å². The van der Waals surface area contributed by atoms with Crippen LogP contribution >= 0.6 is 0 Å². The van der Waals surface area contributed by atoms with Gasteiger partial charge in [-0.15, -0.1) is 0 Å². The van der Waals surface area contributed by atoms with Gasteiger partial charge in [0.05, 0.1) is 17.1 Å². The number of nitrogens with zero attached hydrogens (tertiary/aromatic N) is 4. The van der Waals surface area contributed by atoms with Crippen molar-refractivity contribution in [3.05, 3.63) is 23.5 Å². The summed E-state index contributed by atoms with van der Waals surface area (Å²) in [4.78, 5) is 19.8. The lowest BCUT2D eigenvalue weighted by molar-refractivity contribution is 0.0652. The van der Waals surface area contributed by atoms with Crippen molar-refractivity contribution in [2.75, 3.05) is 19.7 Å². The third-order valence-corrected chi connectivity index (χ3v) is 5.06. The van der Waals surface area contributed by atoms with Crippen molar-refractivity contribution in [3.63, 3.8) is 0 Å². The Labute approximate surface area is 148 Å². The first-order valence-electron chi connectivity index (χ1n) is 9.20. The Balaban J connectivity index is 2.01. The Morgan fingerprint density at radius 2 is 1.96 bits per heavy atom. The molecule has 6 nitrogen and oxygen atoms in total. The van der Waals surface area contributed by atoms with E-state index < -0.39 is 0 Å². The number of hydrogen-bond acceptors (Lipinski definition) is 4. The standard InChI is InChI=1S/C19H28N4O2/c1-12(2)17-9-15(16-10-20-23(13(3)4)18(16)21-17)19(25)22-7-5-14(11-24)6-8-22/h9-10,12-14,24H,5-8,11H2,1-4H3. The largest absolute Gasteiger partial charge is 0.396 e. The van der Waals surface area contributed by atoms with Crippen molar-refractivity contribution in [2.45, 2.75) is 52.5 Å². The SMILES string of the molecule is CC(C)c1cc(C(=O)N2CCC(CO)CC2)c2cnn(C(C)C)c2n1. The first-order valence-corrected chi connectivity index (χ1v) is 9.20. The van der Waals surface area contributed by atoms with Crippen molar-refractivity contribution in [2.24, 2.45) is 5.92 Å². The number of rotatable bonds is 4. The molecule has 0 aliphatic carbocycles. The summed E-state index contributed by atoms with van der Waals surface area (Å²) in [5.74, 6) is 0.608. The summed E-state index contributed by atoms with van der Waals surface area (Å²) >= 11 is 0. The minimum atomic E-state index is 0.0500. The zero-order valence-electron chi connectivity index (χ0n) is 15.6. The van der Waals surface area contributed by atoms with Gasteiger partial charge in [-0.2, -0.15) is 5.10 Å². The molecule has 1 fully saturated rings. The Bertz CT molecular complexity index is 758. The van der Waals surface area contributed by atoms with Crippen LogP contribution in [0.3, 0.4) is 0 Å². The van der Waals surface area contributed by atoms with Crippen LogP contribution in [-0.4, -0.2) is 50.4 Å². The van der Waals surface area contributed by atoms with E-state index in [0.717, 1.165) is 29.6 Å². The average molecular weight is 344 g/mol. The van der Waals surface area contributed by atoms with Crippen LogP contribution in [0, 0.1) is 5.92 Å². The van der Waals surface area contributed by atoms with Crippen LogP contribution in [0.4, 0.5) is 0 Å². The van der Waals surface area contributed by atoms with E-state index in [0.29, 0.717) is 24.6 Å². The molecule has 1 amide bonds. The first-order chi connectivity index (χ1) is 11.9. The minimum Gasteiger partial charge on any atom is -0.396 e. The molecule has 25 heavy (non-hydrogen) atoms. The molecule has 136 valence electrons. The Hall–Kier alpha value is -1.95. The van der Waals surface area contributed by atoms with Crippen molar-refractivity contribution in [1.29, 1.82) is 0 Å². The molecule has 1 saturated heterocycles. The number of aliphatic hydroxyl groups excluding tert-OH is 1. The van der Waals surface area contributed by atoms with Crippen LogP contribution in [0.15, 0.2) is 12.3 Å². The second-order valence-electron chi connectivity index (χ2n) is 7.59. The highest BCUT2D eigenvalue weighted by molar-refractivity contribution is 6.05. The van der Waals surface area contributed by atoms with Crippen LogP contribution in [0.25, 0.3) is 11.0 Å². The lowest BCUT2D eigenvalue weighted by Gasteiger charge is -2.31. The maximum absolute atomic E-state index is 13.2. The van der Waals surface area contributed by atoms with Gasteiger partial charge < -0.3 is 10.0 Å². The van der Waals surface area contributed by atoms with Crippen LogP contribution in [-0.2, 0) is 0 Å². The summed E-state index contributed by atoms with van der Waals surface area (Å²) in [5, 5.41) is 14.6. The molecule has 2 aromatic rings. The molecule has 0 radical (unpaired) electrons. The highest BCUT2D eigenvalue weighted by Crippen LogP contribution is 2.27. The molecule has 3 rings (SSSR count). The molecule has 2 aromatic heterocycles. The van der Waals surface area contributed by atoms with E-state index in [1.165, 1.54) is 0 Å². The fourth-order valence-electron chi connectivity index (χ4n) is 3.38. The zero-order valence-corrected chi connectivity index (χ0v) is 15.6. The van der Waals surface area contributed by atoms with Gasteiger partial charge in [0.15, 0.2) is 5.65 Å². The van der Waals surface area contributed by atoms with Crippen molar-refractivity contribution in [3.8, 4) is 0 Å². The summed E-state index contributed by atoms with van der Waals surface area (Å²) < 4.78 is 1.88. The lowest BCUT2D eigenvalue weighted by Crippen LogP contribution is -2.39. The van der Waals surface area contributed by atoms with E-state index in [4.69, 9.17) is 4.98 Å². The molecule has 0 unspecified atom stereocenters. The summed E-state index contributed by atoms with van der Waals surface area (Å²) in [5.41, 5.74) is 2.40. The summed E-state index contributed by atoms with van der Waals surface area (Å²) in [6.45, 7) is 9.91. The molecule has 0 spiro atoms. The number of aromatic nitrogens is 3. The predicted molar refractivity (Wildman–Crippen MR) is 97.7 cm³/mol. The van der Waals surface area contributed by atoms with Crippen LogP contribution in [0.2, 0.25) is 0 Å². The molecule has 3 heterocycles. The highest BCUT2D eigenvalue weighted by Gasteiger charge is 2.26. The quantitative estimate of drug-likeness (QED) is 0.925. The Morgan fingerprint density at radius 3 is 2.52 bits per heavy atom. The maximum atomic E-state index is 13.2. The summed E-state index contributed by atoms with van der Waals surface area (Å²) in [7, 11) is 0. The molecule has 6 heteroatoms. The predicted octanol–water partition coefficient (Wildman–Crippen LogP) is 2.98. The number of hydrogen-bond donors (Lipinski definition) is 1. The summed E-state index contributed by atoms with van der Waals surface area (Å²) in [6, 6.07) is 2.12. The number of aliphatic hydroxyl groups is 1. The molecule has 0 aromatic carbocycles. The molecular formula is C19H28N4O2.